The van der Waals surface area contributed by atoms with E-state index in [0.29, 0.717) is 18.0 Å². The van der Waals surface area contributed by atoms with Gasteiger partial charge in [0.25, 0.3) is 10.0 Å². The number of para-hydroxylation sites is 1. The predicted molar refractivity (Wildman–Crippen MR) is 144 cm³/mol. The van der Waals surface area contributed by atoms with Gasteiger partial charge in [-0.3, -0.25) is 9.10 Å². The number of carboxylic acids is 1. The fourth-order valence-corrected chi connectivity index (χ4v) is 5.67. The Morgan fingerprint density at radius 2 is 1.76 bits per heavy atom. The summed E-state index contributed by atoms with van der Waals surface area (Å²) >= 11 is 0. The summed E-state index contributed by atoms with van der Waals surface area (Å²) in [5.41, 5.74) is 3.12. The standard InChI is InChI=1S/C29H28N2O5S/c1-3-7-23(18-29(32)33)22-12-14-24(15-13-22)36-20-21-10-16-25(17-11-21)37(34,35)31(4-2)28-19-30-27-9-6-5-8-26(27)28/h5-6,8-17,19,23,30H,4,18,20H2,1-2H3,(H,32,33). The third kappa shape index (κ3) is 5.79. The molecule has 37 heavy (non-hydrogen) atoms. The molecule has 7 nitrogen and oxygen atoms in total. The van der Waals surface area contributed by atoms with Gasteiger partial charge in [0.05, 0.1) is 22.9 Å². The van der Waals surface area contributed by atoms with Crippen LogP contribution in [-0.2, 0) is 21.4 Å². The van der Waals surface area contributed by atoms with Gasteiger partial charge >= 0.3 is 5.97 Å². The van der Waals surface area contributed by atoms with Crippen LogP contribution in [0.2, 0.25) is 0 Å². The van der Waals surface area contributed by atoms with E-state index in [1.807, 2.05) is 43.3 Å². The maximum absolute atomic E-state index is 13.4. The van der Waals surface area contributed by atoms with Crippen LogP contribution in [0.4, 0.5) is 5.69 Å². The van der Waals surface area contributed by atoms with Crippen molar-refractivity contribution in [1.29, 1.82) is 0 Å². The molecule has 0 aliphatic carbocycles. The Hall–Kier alpha value is -4.22. The lowest BCUT2D eigenvalue weighted by Crippen LogP contribution is -2.30. The molecule has 8 heteroatoms. The molecule has 0 fully saturated rings. The van der Waals surface area contributed by atoms with E-state index in [-0.39, 0.29) is 23.8 Å². The van der Waals surface area contributed by atoms with Crippen LogP contribution in [0.5, 0.6) is 5.75 Å². The van der Waals surface area contributed by atoms with E-state index < -0.39 is 16.0 Å². The lowest BCUT2D eigenvalue weighted by molar-refractivity contribution is -0.137. The minimum absolute atomic E-state index is 0.0634. The molecule has 0 amide bonds. The van der Waals surface area contributed by atoms with Crippen LogP contribution in [0.25, 0.3) is 10.9 Å². The molecule has 0 aliphatic rings. The molecule has 0 bridgehead atoms. The minimum atomic E-state index is -3.76. The summed E-state index contributed by atoms with van der Waals surface area (Å²) in [6.07, 6.45) is 1.66. The van der Waals surface area contributed by atoms with Gasteiger partial charge < -0.3 is 14.8 Å². The molecule has 4 rings (SSSR count). The molecule has 3 aromatic carbocycles. The lowest BCUT2D eigenvalue weighted by atomic mass is 9.96. The number of sulfonamides is 1. The number of nitrogens with one attached hydrogen (secondary N) is 1. The number of aromatic nitrogens is 1. The number of ether oxygens (including phenoxy) is 1. The van der Waals surface area contributed by atoms with E-state index in [1.54, 1.807) is 49.5 Å². The second-order valence-corrected chi connectivity index (χ2v) is 10.3. The van der Waals surface area contributed by atoms with E-state index in [1.165, 1.54) is 4.31 Å². The number of aromatic amines is 1. The first-order chi connectivity index (χ1) is 17.8. The molecular weight excluding hydrogens is 488 g/mol. The number of hydrogen-bond donors (Lipinski definition) is 2. The molecule has 0 aliphatic heterocycles. The third-order valence-corrected chi connectivity index (χ3v) is 7.92. The summed E-state index contributed by atoms with van der Waals surface area (Å²) in [6.45, 7) is 4.05. The summed E-state index contributed by atoms with van der Waals surface area (Å²) < 4.78 is 34.1. The van der Waals surface area contributed by atoms with Crippen molar-refractivity contribution in [1.82, 2.24) is 4.98 Å². The van der Waals surface area contributed by atoms with Crippen molar-refractivity contribution >= 4 is 32.6 Å². The van der Waals surface area contributed by atoms with Crippen LogP contribution in [0.3, 0.4) is 0 Å². The summed E-state index contributed by atoms with van der Waals surface area (Å²) in [6, 6.07) is 21.4. The van der Waals surface area contributed by atoms with E-state index >= 15 is 0 Å². The highest BCUT2D eigenvalue weighted by molar-refractivity contribution is 7.92. The maximum Gasteiger partial charge on any atom is 0.304 e. The Morgan fingerprint density at radius 1 is 1.05 bits per heavy atom. The number of benzene rings is 3. The third-order valence-electron chi connectivity index (χ3n) is 6.02. The first kappa shape index (κ1) is 25.9. The van der Waals surface area contributed by atoms with Gasteiger partial charge in [-0.05, 0) is 55.3 Å². The average Bonchev–Trinajstić information content (AvgIpc) is 3.31. The molecule has 4 aromatic rings. The highest BCUT2D eigenvalue weighted by Crippen LogP contribution is 2.31. The second kappa shape index (κ2) is 11.2. The van der Waals surface area contributed by atoms with Gasteiger partial charge in [0, 0.05) is 23.6 Å². The Morgan fingerprint density at radius 3 is 2.41 bits per heavy atom. The average molecular weight is 517 g/mol. The van der Waals surface area contributed by atoms with Crippen molar-refractivity contribution < 1.29 is 23.1 Å². The first-order valence-corrected chi connectivity index (χ1v) is 13.3. The van der Waals surface area contributed by atoms with Gasteiger partial charge in [-0.1, -0.05) is 48.4 Å². The Kier molecular flexibility index (Phi) is 7.85. The number of nitrogens with zero attached hydrogens (tertiary/aromatic N) is 1. The Balaban J connectivity index is 1.45. The zero-order valence-corrected chi connectivity index (χ0v) is 21.5. The van der Waals surface area contributed by atoms with Gasteiger partial charge in [0.1, 0.15) is 12.4 Å². The van der Waals surface area contributed by atoms with Gasteiger partial charge in [-0.15, -0.1) is 5.92 Å². The molecular formula is C29H28N2O5S. The minimum Gasteiger partial charge on any atom is -0.489 e. The van der Waals surface area contributed by atoms with Crippen molar-refractivity contribution in [2.75, 3.05) is 10.8 Å². The van der Waals surface area contributed by atoms with Gasteiger partial charge in [-0.25, -0.2) is 8.42 Å². The molecule has 0 saturated heterocycles. The van der Waals surface area contributed by atoms with Crippen molar-refractivity contribution in [2.24, 2.45) is 0 Å². The topological polar surface area (TPSA) is 99.7 Å². The molecule has 1 unspecified atom stereocenters. The molecule has 1 aromatic heterocycles. The normalized spacial score (nSPS) is 11.9. The smallest absolute Gasteiger partial charge is 0.304 e. The number of carboxylic acid groups (broad SMARTS) is 1. The van der Waals surface area contributed by atoms with Crippen molar-refractivity contribution in [3.05, 3.63) is 90.1 Å². The predicted octanol–water partition coefficient (Wildman–Crippen LogP) is 5.54. The van der Waals surface area contributed by atoms with Crippen molar-refractivity contribution in [3.63, 3.8) is 0 Å². The molecule has 190 valence electrons. The second-order valence-electron chi connectivity index (χ2n) is 8.44. The van der Waals surface area contributed by atoms with Gasteiger partial charge in [-0.2, -0.15) is 0 Å². The van der Waals surface area contributed by atoms with Gasteiger partial charge in [0.15, 0.2) is 0 Å². The number of aliphatic carboxylic acids is 1. The number of rotatable bonds is 10. The van der Waals surface area contributed by atoms with Crippen LogP contribution in [0.15, 0.2) is 83.9 Å². The van der Waals surface area contributed by atoms with Crippen LogP contribution in [0, 0.1) is 11.8 Å². The van der Waals surface area contributed by atoms with E-state index in [0.717, 1.165) is 22.0 Å². The highest BCUT2D eigenvalue weighted by Gasteiger charge is 2.25. The zero-order chi connectivity index (χ0) is 26.4. The number of hydrogen-bond acceptors (Lipinski definition) is 4. The zero-order valence-electron chi connectivity index (χ0n) is 20.6. The SMILES string of the molecule is CC#CC(CC(=O)O)c1ccc(OCc2ccc(S(=O)(=O)N(CC)c3c[nH]c4ccccc34)cc2)cc1. The number of H-pyrrole nitrogens is 1. The number of fused-ring (bicyclic) bond motifs is 1. The van der Waals surface area contributed by atoms with Crippen molar-refractivity contribution in [3.8, 4) is 17.6 Å². The first-order valence-electron chi connectivity index (χ1n) is 11.9. The Bertz CT molecular complexity index is 1550. The molecule has 1 heterocycles. The quantitative estimate of drug-likeness (QED) is 0.270. The monoisotopic (exact) mass is 516 g/mol. The van der Waals surface area contributed by atoms with Crippen LogP contribution >= 0.6 is 0 Å². The maximum atomic E-state index is 13.4. The summed E-state index contributed by atoms with van der Waals surface area (Å²) in [7, 11) is -3.76. The van der Waals surface area contributed by atoms with Gasteiger partial charge in [0.2, 0.25) is 0 Å². The van der Waals surface area contributed by atoms with Crippen LogP contribution in [0.1, 0.15) is 37.3 Å². The number of anilines is 1. The van der Waals surface area contributed by atoms with Crippen LogP contribution in [-0.4, -0.2) is 31.0 Å². The molecule has 0 spiro atoms. The summed E-state index contributed by atoms with van der Waals surface area (Å²) in [5, 5.41) is 9.95. The fourth-order valence-electron chi connectivity index (χ4n) is 4.18. The molecule has 1 atom stereocenters. The lowest BCUT2D eigenvalue weighted by Gasteiger charge is -2.22. The molecule has 0 saturated carbocycles. The highest BCUT2D eigenvalue weighted by atomic mass is 32.2. The largest absolute Gasteiger partial charge is 0.489 e. The fraction of sp³-hybridized carbons (Fsp3) is 0.207. The molecule has 0 radical (unpaired) electrons. The van der Waals surface area contributed by atoms with Crippen molar-refractivity contribution in [2.45, 2.75) is 37.7 Å². The molecule has 2 N–H and O–H groups in total. The van der Waals surface area contributed by atoms with Crippen LogP contribution < -0.4 is 9.04 Å². The Labute approximate surface area is 216 Å². The summed E-state index contributed by atoms with van der Waals surface area (Å²) in [5.74, 6) is 5.05. The van der Waals surface area contributed by atoms with E-state index in [9.17, 15) is 13.2 Å². The summed E-state index contributed by atoms with van der Waals surface area (Å²) in [4.78, 5) is 14.4. The number of carbonyl (C=O) groups is 1. The van der Waals surface area contributed by atoms with E-state index in [4.69, 9.17) is 9.84 Å². The van der Waals surface area contributed by atoms with E-state index in [2.05, 4.69) is 16.8 Å².